The van der Waals surface area contributed by atoms with E-state index in [0.29, 0.717) is 11.1 Å². The van der Waals surface area contributed by atoms with Gasteiger partial charge in [0.25, 0.3) is 0 Å². The first-order valence-electron chi connectivity index (χ1n) is 5.15. The number of benzene rings is 1. The number of hydrogen-bond acceptors (Lipinski definition) is 2. The lowest BCUT2D eigenvalue weighted by atomic mass is 10.0. The number of hydrogen-bond donors (Lipinski definition) is 2. The molecule has 17 heavy (non-hydrogen) atoms. The first kappa shape index (κ1) is 13.2. The van der Waals surface area contributed by atoms with E-state index in [2.05, 4.69) is 5.32 Å². The van der Waals surface area contributed by atoms with Gasteiger partial charge in [-0.1, -0.05) is 12.1 Å². The zero-order valence-electron chi connectivity index (χ0n) is 9.66. The van der Waals surface area contributed by atoms with Crippen LogP contribution in [0.1, 0.15) is 18.1 Å². The summed E-state index contributed by atoms with van der Waals surface area (Å²) in [5.74, 6) is -1.94. The van der Waals surface area contributed by atoms with Gasteiger partial charge in [-0.25, -0.2) is 9.18 Å². The Balaban J connectivity index is 2.82. The zero-order chi connectivity index (χ0) is 13.0. The summed E-state index contributed by atoms with van der Waals surface area (Å²) in [7, 11) is 0. The monoisotopic (exact) mass is 239 g/mol. The van der Waals surface area contributed by atoms with Gasteiger partial charge in [0.2, 0.25) is 5.91 Å². The molecule has 0 saturated carbocycles. The van der Waals surface area contributed by atoms with E-state index < -0.39 is 17.9 Å². The highest BCUT2D eigenvalue weighted by Gasteiger charge is 2.19. The second-order valence-electron chi connectivity index (χ2n) is 3.88. The van der Waals surface area contributed by atoms with Crippen molar-refractivity contribution in [3.8, 4) is 0 Å². The van der Waals surface area contributed by atoms with Gasteiger partial charge in [-0.15, -0.1) is 0 Å². The molecule has 0 aliphatic carbocycles. The molecule has 0 spiro atoms. The highest BCUT2D eigenvalue weighted by molar-refractivity contribution is 5.82. The van der Waals surface area contributed by atoms with E-state index in [1.54, 1.807) is 19.1 Å². The van der Waals surface area contributed by atoms with Crippen LogP contribution in [0.2, 0.25) is 0 Å². The summed E-state index contributed by atoms with van der Waals surface area (Å²) < 4.78 is 13.3. The third-order valence-corrected chi connectivity index (χ3v) is 2.35. The van der Waals surface area contributed by atoms with Crippen molar-refractivity contribution in [2.75, 3.05) is 0 Å². The van der Waals surface area contributed by atoms with Crippen LogP contribution in [-0.4, -0.2) is 23.0 Å². The van der Waals surface area contributed by atoms with Gasteiger partial charge in [-0.3, -0.25) is 4.79 Å². The zero-order valence-corrected chi connectivity index (χ0v) is 9.66. The smallest absolute Gasteiger partial charge is 0.326 e. The Labute approximate surface area is 98.5 Å². The Kier molecular flexibility index (Phi) is 4.20. The fraction of sp³-hybridized carbons (Fsp3) is 0.333. The van der Waals surface area contributed by atoms with Crippen molar-refractivity contribution in [3.05, 3.63) is 35.1 Å². The molecule has 0 aliphatic heterocycles. The lowest BCUT2D eigenvalue weighted by Crippen LogP contribution is -2.41. The first-order valence-corrected chi connectivity index (χ1v) is 5.15. The van der Waals surface area contributed by atoms with Gasteiger partial charge < -0.3 is 10.4 Å². The van der Waals surface area contributed by atoms with E-state index in [1.807, 2.05) is 0 Å². The molecule has 0 bridgehead atoms. The van der Waals surface area contributed by atoms with Crippen LogP contribution in [0, 0.1) is 12.7 Å². The Morgan fingerprint density at radius 3 is 2.59 bits per heavy atom. The summed E-state index contributed by atoms with van der Waals surface area (Å²) in [5.41, 5.74) is 1.04. The van der Waals surface area contributed by atoms with Crippen LogP contribution in [0.5, 0.6) is 0 Å². The Morgan fingerprint density at radius 1 is 1.47 bits per heavy atom. The van der Waals surface area contributed by atoms with E-state index >= 15 is 0 Å². The highest BCUT2D eigenvalue weighted by atomic mass is 19.1. The maximum atomic E-state index is 13.3. The minimum absolute atomic E-state index is 0.0616. The summed E-state index contributed by atoms with van der Waals surface area (Å²) in [6, 6.07) is 3.48. The number of carboxylic acid groups (broad SMARTS) is 1. The molecule has 1 aromatic carbocycles. The lowest BCUT2D eigenvalue weighted by molar-refractivity contribution is -0.141. The van der Waals surface area contributed by atoms with Gasteiger partial charge >= 0.3 is 5.97 Å². The van der Waals surface area contributed by atoms with Crippen LogP contribution in [0.4, 0.5) is 4.39 Å². The summed E-state index contributed by atoms with van der Waals surface area (Å²) in [6.45, 7) is 2.87. The number of carboxylic acids is 1. The van der Waals surface area contributed by atoms with Crippen LogP contribution in [0.3, 0.4) is 0 Å². The second kappa shape index (κ2) is 5.43. The second-order valence-corrected chi connectivity index (χ2v) is 3.88. The standard InChI is InChI=1S/C12H14FNO3/c1-7-3-4-9(5-10(7)13)6-11(12(16)17)14-8(2)15/h3-5,11H,6H2,1-2H3,(H,14,15)(H,16,17). The number of nitrogens with one attached hydrogen (secondary N) is 1. The fourth-order valence-corrected chi connectivity index (χ4v) is 1.44. The molecule has 1 unspecified atom stereocenters. The van der Waals surface area contributed by atoms with Crippen molar-refractivity contribution in [1.29, 1.82) is 0 Å². The predicted octanol–water partition coefficient (Wildman–Crippen LogP) is 1.27. The number of amides is 1. The number of halogens is 1. The molecule has 1 atom stereocenters. The molecule has 5 heteroatoms. The minimum Gasteiger partial charge on any atom is -0.480 e. The third kappa shape index (κ3) is 3.86. The lowest BCUT2D eigenvalue weighted by Gasteiger charge is -2.13. The highest BCUT2D eigenvalue weighted by Crippen LogP contribution is 2.11. The van der Waals surface area contributed by atoms with Crippen molar-refractivity contribution < 1.29 is 19.1 Å². The van der Waals surface area contributed by atoms with Gasteiger partial charge in [-0.05, 0) is 24.1 Å². The van der Waals surface area contributed by atoms with E-state index in [1.165, 1.54) is 13.0 Å². The maximum absolute atomic E-state index is 13.3. The van der Waals surface area contributed by atoms with Gasteiger partial charge in [0.15, 0.2) is 0 Å². The molecule has 0 radical (unpaired) electrons. The molecular formula is C12H14FNO3. The van der Waals surface area contributed by atoms with Gasteiger partial charge in [0.1, 0.15) is 11.9 Å². The molecule has 0 saturated heterocycles. The molecule has 4 nitrogen and oxygen atoms in total. The topological polar surface area (TPSA) is 66.4 Å². The average molecular weight is 239 g/mol. The predicted molar refractivity (Wildman–Crippen MR) is 60.1 cm³/mol. The van der Waals surface area contributed by atoms with E-state index in [-0.39, 0.29) is 12.2 Å². The molecule has 0 aromatic heterocycles. The molecule has 1 rings (SSSR count). The Bertz CT molecular complexity index is 445. The van der Waals surface area contributed by atoms with E-state index in [4.69, 9.17) is 5.11 Å². The van der Waals surface area contributed by atoms with Crippen molar-refractivity contribution in [2.45, 2.75) is 26.3 Å². The summed E-state index contributed by atoms with van der Waals surface area (Å²) in [6.07, 6.45) is 0.0616. The van der Waals surface area contributed by atoms with E-state index in [0.717, 1.165) is 0 Å². The molecule has 0 fully saturated rings. The van der Waals surface area contributed by atoms with Crippen molar-refractivity contribution >= 4 is 11.9 Å². The number of aliphatic carboxylic acids is 1. The van der Waals surface area contributed by atoms with Crippen LogP contribution >= 0.6 is 0 Å². The summed E-state index contributed by atoms with van der Waals surface area (Å²) >= 11 is 0. The number of aryl methyl sites for hydroxylation is 1. The van der Waals surface area contributed by atoms with Gasteiger partial charge in [0, 0.05) is 13.3 Å². The fourth-order valence-electron chi connectivity index (χ4n) is 1.44. The van der Waals surface area contributed by atoms with Crippen LogP contribution in [0.25, 0.3) is 0 Å². The average Bonchev–Trinajstić information content (AvgIpc) is 2.21. The van der Waals surface area contributed by atoms with Crippen molar-refractivity contribution in [1.82, 2.24) is 5.32 Å². The Hall–Kier alpha value is -1.91. The van der Waals surface area contributed by atoms with Crippen LogP contribution in [0.15, 0.2) is 18.2 Å². The summed E-state index contributed by atoms with van der Waals surface area (Å²) in [5, 5.41) is 11.2. The third-order valence-electron chi connectivity index (χ3n) is 2.35. The quantitative estimate of drug-likeness (QED) is 0.831. The van der Waals surface area contributed by atoms with Gasteiger partial charge in [0.05, 0.1) is 0 Å². The number of rotatable bonds is 4. The molecule has 92 valence electrons. The largest absolute Gasteiger partial charge is 0.480 e. The number of carbonyl (C=O) groups is 2. The van der Waals surface area contributed by atoms with Crippen molar-refractivity contribution in [2.24, 2.45) is 0 Å². The van der Waals surface area contributed by atoms with Gasteiger partial charge in [-0.2, -0.15) is 0 Å². The Morgan fingerprint density at radius 2 is 2.12 bits per heavy atom. The normalized spacial score (nSPS) is 11.9. The number of carbonyl (C=O) groups excluding carboxylic acids is 1. The minimum atomic E-state index is -1.14. The molecule has 0 heterocycles. The van der Waals surface area contributed by atoms with Crippen LogP contribution in [-0.2, 0) is 16.0 Å². The van der Waals surface area contributed by atoms with Crippen molar-refractivity contribution in [3.63, 3.8) is 0 Å². The molecule has 0 aliphatic rings. The molecular weight excluding hydrogens is 225 g/mol. The van der Waals surface area contributed by atoms with E-state index in [9.17, 15) is 14.0 Å². The molecule has 2 N–H and O–H groups in total. The maximum Gasteiger partial charge on any atom is 0.326 e. The first-order chi connectivity index (χ1) is 7.90. The molecule has 1 aromatic rings. The summed E-state index contributed by atoms with van der Waals surface area (Å²) in [4.78, 5) is 21.7. The molecule has 1 amide bonds. The van der Waals surface area contributed by atoms with Crippen LogP contribution < -0.4 is 5.32 Å². The SMILES string of the molecule is CC(=O)NC(Cc1ccc(C)c(F)c1)C(=O)O.